The van der Waals surface area contributed by atoms with Crippen molar-refractivity contribution in [3.63, 3.8) is 0 Å². The van der Waals surface area contributed by atoms with E-state index in [0.717, 1.165) is 0 Å². The molecule has 0 atom stereocenters. The van der Waals surface area contributed by atoms with Crippen LogP contribution in [0.2, 0.25) is 0 Å². The average Bonchev–Trinajstić information content (AvgIpc) is 3.06. The summed E-state index contributed by atoms with van der Waals surface area (Å²) in [6, 6.07) is 4.50. The zero-order valence-electron chi connectivity index (χ0n) is 10.1. The summed E-state index contributed by atoms with van der Waals surface area (Å²) in [4.78, 5) is 11.2. The van der Waals surface area contributed by atoms with E-state index in [1.807, 2.05) is 0 Å². The highest BCUT2D eigenvalue weighted by Gasteiger charge is 2.13. The molecule has 3 N–H and O–H groups in total. The van der Waals surface area contributed by atoms with Crippen LogP contribution in [0.1, 0.15) is 0 Å². The zero-order valence-corrected chi connectivity index (χ0v) is 10.1. The number of anilines is 1. The number of nitrogens with zero attached hydrogens (tertiary/aromatic N) is 5. The van der Waals surface area contributed by atoms with Crippen LogP contribution in [0.25, 0.3) is 28.2 Å². The van der Waals surface area contributed by atoms with E-state index in [4.69, 9.17) is 5.73 Å². The van der Waals surface area contributed by atoms with Gasteiger partial charge in [0.2, 0.25) is 0 Å². The minimum Gasteiger partial charge on any atom is -0.396 e. The number of rotatable bonds is 1. The second-order valence-corrected chi connectivity index (χ2v) is 4.30. The number of nitrogens with one attached hydrogen (secondary N) is 1. The molecule has 0 aliphatic heterocycles. The molecule has 0 bridgehead atoms. The molecule has 0 amide bonds. The van der Waals surface area contributed by atoms with Crippen LogP contribution in [0, 0.1) is 5.82 Å². The minimum atomic E-state index is -0.491. The lowest BCUT2D eigenvalue weighted by atomic mass is 10.2. The maximum Gasteiger partial charge on any atom is 0.190 e. The number of halogens is 1. The summed E-state index contributed by atoms with van der Waals surface area (Å²) in [6.07, 6.45) is 3.09. The van der Waals surface area contributed by atoms with Crippen molar-refractivity contribution in [2.45, 2.75) is 0 Å². The van der Waals surface area contributed by atoms with Gasteiger partial charge in [0.1, 0.15) is 17.7 Å². The number of hydrogen-bond donors (Lipinski definition) is 2. The summed E-state index contributed by atoms with van der Waals surface area (Å²) in [7, 11) is 0. The maximum absolute atomic E-state index is 13.6. The Morgan fingerprint density at radius 1 is 1.20 bits per heavy atom. The van der Waals surface area contributed by atoms with E-state index in [1.165, 1.54) is 18.5 Å². The van der Waals surface area contributed by atoms with Crippen LogP contribution in [0.5, 0.6) is 0 Å². The first-order chi connectivity index (χ1) is 9.74. The molecule has 3 heterocycles. The van der Waals surface area contributed by atoms with Gasteiger partial charge in [0, 0.05) is 5.56 Å². The predicted molar refractivity (Wildman–Crippen MR) is 70.2 cm³/mol. The van der Waals surface area contributed by atoms with Crippen LogP contribution < -0.4 is 5.73 Å². The molecule has 0 saturated heterocycles. The molecule has 0 fully saturated rings. The van der Waals surface area contributed by atoms with Crippen molar-refractivity contribution in [3.05, 3.63) is 36.7 Å². The van der Waals surface area contributed by atoms with E-state index in [9.17, 15) is 4.39 Å². The monoisotopic (exact) mass is 269 g/mol. The fourth-order valence-corrected chi connectivity index (χ4v) is 2.10. The Morgan fingerprint density at radius 2 is 2.10 bits per heavy atom. The Bertz CT molecular complexity index is 939. The molecule has 98 valence electrons. The first kappa shape index (κ1) is 10.9. The van der Waals surface area contributed by atoms with Gasteiger partial charge in [0.25, 0.3) is 0 Å². The number of benzene rings is 1. The van der Waals surface area contributed by atoms with Gasteiger partial charge in [-0.25, -0.2) is 14.4 Å². The number of H-pyrrole nitrogens is 1. The first-order valence-electron chi connectivity index (χ1n) is 5.82. The molecule has 8 heteroatoms. The number of aromatic nitrogens is 6. The van der Waals surface area contributed by atoms with E-state index in [0.29, 0.717) is 28.2 Å². The normalized spacial score (nSPS) is 11.4. The summed E-state index contributed by atoms with van der Waals surface area (Å²) in [6.45, 7) is 0. The van der Waals surface area contributed by atoms with Crippen molar-refractivity contribution in [1.29, 1.82) is 0 Å². The summed E-state index contributed by atoms with van der Waals surface area (Å²) in [5.74, 6) is -0.00210. The molecule has 4 aromatic rings. The lowest BCUT2D eigenvalue weighted by molar-refractivity contribution is 0.633. The van der Waals surface area contributed by atoms with Gasteiger partial charge in [0.15, 0.2) is 17.1 Å². The van der Waals surface area contributed by atoms with E-state index in [1.54, 1.807) is 16.8 Å². The third-order valence-electron chi connectivity index (χ3n) is 3.09. The van der Waals surface area contributed by atoms with Gasteiger partial charge in [-0.2, -0.15) is 0 Å². The SMILES string of the molecule is Nc1ccc(-c2nnc3c4[nH]cnc4ncn23)cc1F. The van der Waals surface area contributed by atoms with Crippen molar-refractivity contribution in [2.75, 3.05) is 5.73 Å². The molecule has 0 radical (unpaired) electrons. The smallest absolute Gasteiger partial charge is 0.190 e. The Labute approximate surface area is 111 Å². The van der Waals surface area contributed by atoms with Gasteiger partial charge in [-0.15, -0.1) is 10.2 Å². The number of nitrogens with two attached hydrogens (primary N) is 1. The molecule has 4 rings (SSSR count). The highest BCUT2D eigenvalue weighted by Crippen LogP contribution is 2.23. The molecule has 20 heavy (non-hydrogen) atoms. The molecule has 0 unspecified atom stereocenters. The van der Waals surface area contributed by atoms with Crippen LogP contribution in [0.15, 0.2) is 30.9 Å². The van der Waals surface area contributed by atoms with E-state index >= 15 is 0 Å². The second-order valence-electron chi connectivity index (χ2n) is 4.30. The zero-order chi connectivity index (χ0) is 13.7. The van der Waals surface area contributed by atoms with Gasteiger partial charge in [-0.1, -0.05) is 0 Å². The van der Waals surface area contributed by atoms with E-state index < -0.39 is 5.82 Å². The number of imidazole rings is 1. The fourth-order valence-electron chi connectivity index (χ4n) is 2.10. The van der Waals surface area contributed by atoms with Crippen molar-refractivity contribution in [2.24, 2.45) is 0 Å². The molecule has 0 saturated carbocycles. The number of hydrogen-bond acceptors (Lipinski definition) is 5. The predicted octanol–water partition coefficient (Wildman–Crippen LogP) is 1.39. The molecule has 7 nitrogen and oxygen atoms in total. The molecule has 0 aliphatic carbocycles. The maximum atomic E-state index is 13.6. The van der Waals surface area contributed by atoms with Gasteiger partial charge in [0.05, 0.1) is 12.0 Å². The summed E-state index contributed by atoms with van der Waals surface area (Å²) >= 11 is 0. The largest absolute Gasteiger partial charge is 0.396 e. The molecule has 0 aliphatic rings. The Morgan fingerprint density at radius 3 is 2.95 bits per heavy atom. The summed E-state index contributed by atoms with van der Waals surface area (Å²) < 4.78 is 15.2. The molecular weight excluding hydrogens is 261 g/mol. The number of nitrogen functional groups attached to an aromatic ring is 1. The van der Waals surface area contributed by atoms with Gasteiger partial charge < -0.3 is 10.7 Å². The minimum absolute atomic E-state index is 0.0941. The molecule has 3 aromatic heterocycles. The van der Waals surface area contributed by atoms with Crippen LogP contribution >= 0.6 is 0 Å². The lowest BCUT2D eigenvalue weighted by Crippen LogP contribution is -1.95. The summed E-state index contributed by atoms with van der Waals surface area (Å²) in [5, 5.41) is 8.18. The Kier molecular flexibility index (Phi) is 2.02. The van der Waals surface area contributed by atoms with E-state index in [2.05, 4.69) is 25.1 Å². The van der Waals surface area contributed by atoms with Gasteiger partial charge >= 0.3 is 0 Å². The van der Waals surface area contributed by atoms with Crippen LogP contribution in [0.3, 0.4) is 0 Å². The van der Waals surface area contributed by atoms with Crippen molar-refractivity contribution in [1.82, 2.24) is 29.5 Å². The van der Waals surface area contributed by atoms with Gasteiger partial charge in [-0.05, 0) is 18.2 Å². The van der Waals surface area contributed by atoms with Crippen molar-refractivity contribution >= 4 is 22.5 Å². The first-order valence-corrected chi connectivity index (χ1v) is 5.82. The lowest BCUT2D eigenvalue weighted by Gasteiger charge is -2.01. The van der Waals surface area contributed by atoms with Crippen molar-refractivity contribution < 1.29 is 4.39 Å². The highest BCUT2D eigenvalue weighted by atomic mass is 19.1. The fraction of sp³-hybridized carbons (Fsp3) is 0. The number of aromatic amines is 1. The molecule has 0 spiro atoms. The Hall–Kier alpha value is -3.03. The van der Waals surface area contributed by atoms with Gasteiger partial charge in [-0.3, -0.25) is 4.40 Å². The third kappa shape index (κ3) is 1.38. The van der Waals surface area contributed by atoms with Crippen LogP contribution in [0.4, 0.5) is 10.1 Å². The molecule has 1 aromatic carbocycles. The van der Waals surface area contributed by atoms with Crippen LogP contribution in [-0.2, 0) is 0 Å². The Balaban J connectivity index is 2.02. The van der Waals surface area contributed by atoms with Crippen LogP contribution in [-0.4, -0.2) is 29.5 Å². The highest BCUT2D eigenvalue weighted by molar-refractivity contribution is 5.85. The molecular formula is C12H8FN7. The summed E-state index contributed by atoms with van der Waals surface area (Å²) in [5.41, 5.74) is 7.96. The average molecular weight is 269 g/mol. The number of fused-ring (bicyclic) bond motifs is 3. The quantitative estimate of drug-likeness (QED) is 0.509. The second kappa shape index (κ2) is 3.73. The third-order valence-corrected chi connectivity index (χ3v) is 3.09. The standard InChI is InChI=1S/C12H8FN7/c13-7-3-6(1-2-8(7)14)11-18-19-12-9-10(16-4-15-9)17-5-20(11)12/h1-5H,14H2,(H,15,16). The topological polar surface area (TPSA) is 97.8 Å². The van der Waals surface area contributed by atoms with E-state index in [-0.39, 0.29) is 5.69 Å². The van der Waals surface area contributed by atoms with Crippen molar-refractivity contribution in [3.8, 4) is 11.4 Å².